The molecule has 2 aliphatic rings. The number of rotatable bonds is 5. The van der Waals surface area contributed by atoms with Crippen LogP contribution in [-0.4, -0.2) is 37.6 Å². The van der Waals surface area contributed by atoms with Crippen molar-refractivity contribution in [1.82, 2.24) is 9.62 Å². The first-order valence-corrected chi connectivity index (χ1v) is 12.0. The standard InChI is InChI=1S/C20H23N3O4S2/c1-13(14-5-6-16-15(11-14)12-18(24)22-16)21-20(25)19-17(7-10-28-19)29(26,27)23-8-3-2-4-9-23/h5-7,10-11,13H,2-4,8-9,12H2,1H3,(H,21,25)(H,22,24)/t13-/m1/s1. The maximum atomic E-state index is 13.0. The van der Waals surface area contributed by atoms with Gasteiger partial charge in [-0.05, 0) is 48.4 Å². The van der Waals surface area contributed by atoms with Gasteiger partial charge in [0.2, 0.25) is 15.9 Å². The largest absolute Gasteiger partial charge is 0.345 e. The van der Waals surface area contributed by atoms with Gasteiger partial charge in [-0.1, -0.05) is 18.6 Å². The quantitative estimate of drug-likeness (QED) is 0.758. The number of thiophene rings is 1. The summed E-state index contributed by atoms with van der Waals surface area (Å²) in [6.07, 6.45) is 3.05. The Bertz CT molecular complexity index is 1060. The number of nitrogens with one attached hydrogen (secondary N) is 2. The molecule has 2 N–H and O–H groups in total. The molecule has 0 unspecified atom stereocenters. The fraction of sp³-hybridized carbons (Fsp3) is 0.400. The van der Waals surface area contributed by atoms with Crippen molar-refractivity contribution in [3.05, 3.63) is 45.6 Å². The van der Waals surface area contributed by atoms with Gasteiger partial charge < -0.3 is 10.6 Å². The third kappa shape index (κ3) is 3.94. The molecule has 0 radical (unpaired) electrons. The van der Waals surface area contributed by atoms with Gasteiger partial charge >= 0.3 is 0 Å². The van der Waals surface area contributed by atoms with Crippen LogP contribution in [0.25, 0.3) is 0 Å². The lowest BCUT2D eigenvalue weighted by Crippen LogP contribution is -2.36. The molecular weight excluding hydrogens is 410 g/mol. The van der Waals surface area contributed by atoms with Gasteiger partial charge in [0, 0.05) is 18.8 Å². The average molecular weight is 434 g/mol. The minimum Gasteiger partial charge on any atom is -0.345 e. The summed E-state index contributed by atoms with van der Waals surface area (Å²) in [7, 11) is -3.67. The topological polar surface area (TPSA) is 95.6 Å². The lowest BCUT2D eigenvalue weighted by Gasteiger charge is -2.26. The Hall–Kier alpha value is -2.23. The van der Waals surface area contributed by atoms with Crippen LogP contribution in [0.3, 0.4) is 0 Å². The second kappa shape index (κ2) is 7.89. The number of fused-ring (bicyclic) bond motifs is 1. The van der Waals surface area contributed by atoms with Gasteiger partial charge in [0.05, 0.1) is 12.5 Å². The molecule has 29 heavy (non-hydrogen) atoms. The van der Waals surface area contributed by atoms with Gasteiger partial charge in [0.1, 0.15) is 9.77 Å². The highest BCUT2D eigenvalue weighted by Gasteiger charge is 2.31. The summed E-state index contributed by atoms with van der Waals surface area (Å²) >= 11 is 1.13. The Kier molecular flexibility index (Phi) is 5.46. The molecule has 0 bridgehead atoms. The smallest absolute Gasteiger partial charge is 0.263 e. The molecule has 2 aromatic rings. The molecule has 2 amide bonds. The molecule has 1 saturated heterocycles. The van der Waals surface area contributed by atoms with Gasteiger partial charge in [-0.3, -0.25) is 9.59 Å². The van der Waals surface area contributed by atoms with Crippen molar-refractivity contribution in [2.45, 2.75) is 43.5 Å². The van der Waals surface area contributed by atoms with Crippen LogP contribution in [0.5, 0.6) is 0 Å². The fourth-order valence-electron chi connectivity index (χ4n) is 3.77. The lowest BCUT2D eigenvalue weighted by atomic mass is 10.0. The van der Waals surface area contributed by atoms with Crippen LogP contribution in [0.15, 0.2) is 34.5 Å². The molecule has 1 fully saturated rings. The third-order valence-electron chi connectivity index (χ3n) is 5.37. The van der Waals surface area contributed by atoms with Crippen LogP contribution in [0.1, 0.15) is 53.0 Å². The Balaban J connectivity index is 1.52. The van der Waals surface area contributed by atoms with E-state index >= 15 is 0 Å². The zero-order valence-corrected chi connectivity index (χ0v) is 17.7. The minimum absolute atomic E-state index is 0.0417. The maximum Gasteiger partial charge on any atom is 0.263 e. The highest BCUT2D eigenvalue weighted by molar-refractivity contribution is 7.89. The molecule has 7 nitrogen and oxygen atoms in total. The summed E-state index contributed by atoms with van der Waals surface area (Å²) in [6.45, 7) is 2.84. The number of benzene rings is 1. The number of hydrogen-bond donors (Lipinski definition) is 2. The van der Waals surface area contributed by atoms with Crippen molar-refractivity contribution in [3.8, 4) is 0 Å². The van der Waals surface area contributed by atoms with Crippen molar-refractivity contribution in [1.29, 1.82) is 0 Å². The molecule has 2 aliphatic heterocycles. The van der Waals surface area contributed by atoms with Crippen molar-refractivity contribution in [2.75, 3.05) is 18.4 Å². The van der Waals surface area contributed by atoms with Crippen molar-refractivity contribution >= 4 is 38.9 Å². The van der Waals surface area contributed by atoms with E-state index in [1.165, 1.54) is 10.4 Å². The van der Waals surface area contributed by atoms with Crippen LogP contribution in [-0.2, 0) is 21.2 Å². The third-order valence-corrected chi connectivity index (χ3v) is 8.35. The second-order valence-electron chi connectivity index (χ2n) is 7.42. The first-order chi connectivity index (χ1) is 13.9. The highest BCUT2D eigenvalue weighted by Crippen LogP contribution is 2.29. The normalized spacial score (nSPS) is 18.2. The second-order valence-corrected chi connectivity index (χ2v) is 10.2. The van der Waals surface area contributed by atoms with Gasteiger partial charge in [-0.15, -0.1) is 11.3 Å². The van der Waals surface area contributed by atoms with E-state index in [1.54, 1.807) is 5.38 Å². The summed E-state index contributed by atoms with van der Waals surface area (Å²) in [5.41, 5.74) is 2.56. The zero-order valence-electron chi connectivity index (χ0n) is 16.1. The first kappa shape index (κ1) is 20.1. The van der Waals surface area contributed by atoms with Gasteiger partial charge in [0.25, 0.3) is 5.91 Å². The Labute approximate surface area is 174 Å². The van der Waals surface area contributed by atoms with E-state index in [0.717, 1.165) is 47.4 Å². The van der Waals surface area contributed by atoms with Crippen molar-refractivity contribution in [2.24, 2.45) is 0 Å². The molecule has 0 spiro atoms. The molecule has 154 valence electrons. The molecule has 1 atom stereocenters. The SMILES string of the molecule is C[C@@H](NC(=O)c1sccc1S(=O)(=O)N1CCCCC1)c1ccc2c(c1)CC(=O)N2. The van der Waals surface area contributed by atoms with Crippen LogP contribution in [0, 0.1) is 0 Å². The minimum atomic E-state index is -3.67. The maximum absolute atomic E-state index is 13.0. The van der Waals surface area contributed by atoms with Crippen LogP contribution in [0.2, 0.25) is 0 Å². The number of piperidine rings is 1. The Morgan fingerprint density at radius 1 is 1.21 bits per heavy atom. The molecule has 1 aromatic heterocycles. The Morgan fingerprint density at radius 2 is 1.97 bits per heavy atom. The van der Waals surface area contributed by atoms with E-state index < -0.39 is 15.9 Å². The molecular formula is C20H23N3O4S2. The van der Waals surface area contributed by atoms with Crippen LogP contribution >= 0.6 is 11.3 Å². The van der Waals surface area contributed by atoms with Crippen molar-refractivity contribution in [3.63, 3.8) is 0 Å². The average Bonchev–Trinajstić information content (AvgIpc) is 3.34. The van der Waals surface area contributed by atoms with E-state index in [9.17, 15) is 18.0 Å². The summed E-state index contributed by atoms with van der Waals surface area (Å²) in [4.78, 5) is 24.7. The monoisotopic (exact) mass is 433 g/mol. The number of nitrogens with zero attached hydrogens (tertiary/aromatic N) is 1. The molecule has 3 heterocycles. The zero-order chi connectivity index (χ0) is 20.6. The first-order valence-electron chi connectivity index (χ1n) is 9.67. The summed E-state index contributed by atoms with van der Waals surface area (Å²) in [6, 6.07) is 6.78. The number of sulfonamides is 1. The predicted molar refractivity (Wildman–Crippen MR) is 112 cm³/mol. The van der Waals surface area contributed by atoms with E-state index in [0.29, 0.717) is 19.5 Å². The van der Waals surface area contributed by atoms with Crippen molar-refractivity contribution < 1.29 is 18.0 Å². The number of carbonyl (C=O) groups is 2. The lowest BCUT2D eigenvalue weighted by molar-refractivity contribution is -0.115. The number of carbonyl (C=O) groups excluding carboxylic acids is 2. The fourth-order valence-corrected chi connectivity index (χ4v) is 6.60. The number of anilines is 1. The van der Waals surface area contributed by atoms with Gasteiger partial charge in [-0.2, -0.15) is 4.31 Å². The summed E-state index contributed by atoms with van der Waals surface area (Å²) in [5, 5.41) is 7.33. The molecule has 1 aromatic carbocycles. The summed E-state index contributed by atoms with van der Waals surface area (Å²) in [5.74, 6) is -0.447. The van der Waals surface area contributed by atoms with Gasteiger partial charge in [0.15, 0.2) is 0 Å². The molecule has 0 saturated carbocycles. The Morgan fingerprint density at radius 3 is 2.72 bits per heavy atom. The van der Waals surface area contributed by atoms with Crippen LogP contribution < -0.4 is 10.6 Å². The van der Waals surface area contributed by atoms with E-state index in [-0.39, 0.29) is 21.7 Å². The number of hydrogen-bond acceptors (Lipinski definition) is 5. The highest BCUT2D eigenvalue weighted by atomic mass is 32.2. The summed E-state index contributed by atoms with van der Waals surface area (Å²) < 4.78 is 27.5. The molecule has 0 aliphatic carbocycles. The van der Waals surface area contributed by atoms with Gasteiger partial charge in [-0.25, -0.2) is 8.42 Å². The van der Waals surface area contributed by atoms with E-state index in [2.05, 4.69) is 10.6 Å². The van der Waals surface area contributed by atoms with E-state index in [4.69, 9.17) is 0 Å². The number of amides is 2. The predicted octanol–water partition coefficient (Wildman–Crippen LogP) is 2.91. The molecule has 9 heteroatoms. The molecule has 4 rings (SSSR count). The van der Waals surface area contributed by atoms with Crippen LogP contribution in [0.4, 0.5) is 5.69 Å². The van der Waals surface area contributed by atoms with E-state index in [1.807, 2.05) is 25.1 Å².